The highest BCUT2D eigenvalue weighted by atomic mass is 79.9. The van der Waals surface area contributed by atoms with E-state index in [1.54, 1.807) is 0 Å². The number of benzene rings is 1. The fourth-order valence-corrected chi connectivity index (χ4v) is 1.56. The smallest absolute Gasteiger partial charge is 0.127 e. The molecule has 0 aliphatic heterocycles. The van der Waals surface area contributed by atoms with Crippen LogP contribution in [0.25, 0.3) is 0 Å². The molecule has 1 rings (SSSR count). The molecule has 0 fully saturated rings. The highest BCUT2D eigenvalue weighted by Gasteiger charge is 2.17. The molecule has 1 aromatic carbocycles. The van der Waals surface area contributed by atoms with E-state index in [4.69, 9.17) is 0 Å². The fraction of sp³-hybridized carbons (Fsp3) is 0.455. The summed E-state index contributed by atoms with van der Waals surface area (Å²) in [5.74, 6) is -0.150. The minimum atomic E-state index is -0.150. The third-order valence-corrected chi connectivity index (χ3v) is 2.82. The van der Waals surface area contributed by atoms with Crippen molar-refractivity contribution < 1.29 is 4.39 Å². The van der Waals surface area contributed by atoms with Gasteiger partial charge in [0.05, 0.1) is 0 Å². The average Bonchev–Trinajstić information content (AvgIpc) is 2.10. The summed E-state index contributed by atoms with van der Waals surface area (Å²) in [7, 11) is 1.89. The van der Waals surface area contributed by atoms with E-state index in [1.807, 2.05) is 19.2 Å². The largest absolute Gasteiger partial charge is 0.314 e. The molecule has 0 radical (unpaired) electrons. The lowest BCUT2D eigenvalue weighted by Gasteiger charge is -2.24. The number of likely N-dealkylation sites (N-methyl/N-ethyl adjacent to an activating group) is 1. The second-order valence-electron chi connectivity index (χ2n) is 4.05. The number of hydrogen-bond acceptors (Lipinski definition) is 1. The van der Waals surface area contributed by atoms with Gasteiger partial charge in [-0.1, -0.05) is 22.0 Å². The maximum absolute atomic E-state index is 13.5. The molecule has 0 amide bonds. The Morgan fingerprint density at radius 3 is 2.57 bits per heavy atom. The van der Waals surface area contributed by atoms with Crippen LogP contribution in [0.2, 0.25) is 0 Å². The van der Waals surface area contributed by atoms with Crippen molar-refractivity contribution >= 4 is 15.9 Å². The molecule has 0 aliphatic carbocycles. The third kappa shape index (κ3) is 3.07. The van der Waals surface area contributed by atoms with Crippen molar-refractivity contribution in [1.82, 2.24) is 5.32 Å². The second-order valence-corrected chi connectivity index (χ2v) is 4.96. The Balaban J connectivity index is 2.87. The lowest BCUT2D eigenvalue weighted by molar-refractivity contribution is 0.414. The van der Waals surface area contributed by atoms with Gasteiger partial charge in [-0.2, -0.15) is 0 Å². The molecule has 0 aliphatic rings. The van der Waals surface area contributed by atoms with Crippen molar-refractivity contribution in [3.63, 3.8) is 0 Å². The zero-order valence-corrected chi connectivity index (χ0v) is 10.3. The number of rotatable bonds is 3. The Labute approximate surface area is 92.8 Å². The van der Waals surface area contributed by atoms with Crippen LogP contribution in [0.15, 0.2) is 22.7 Å². The molecule has 0 bridgehead atoms. The van der Waals surface area contributed by atoms with Crippen molar-refractivity contribution in [2.45, 2.75) is 25.8 Å². The van der Waals surface area contributed by atoms with Crippen LogP contribution in [0.4, 0.5) is 4.39 Å². The standard InChI is InChI=1S/C11H15BrFN/c1-11(2,14-3)7-8-4-5-9(12)6-10(8)13/h4-6,14H,7H2,1-3H3. The van der Waals surface area contributed by atoms with Gasteiger partial charge in [0.15, 0.2) is 0 Å². The van der Waals surface area contributed by atoms with Gasteiger partial charge in [-0.05, 0) is 45.0 Å². The van der Waals surface area contributed by atoms with Gasteiger partial charge >= 0.3 is 0 Å². The second kappa shape index (κ2) is 4.41. The van der Waals surface area contributed by atoms with E-state index in [9.17, 15) is 4.39 Å². The van der Waals surface area contributed by atoms with Crippen LogP contribution in [0.5, 0.6) is 0 Å². The maximum Gasteiger partial charge on any atom is 0.127 e. The molecule has 1 aromatic rings. The first-order valence-electron chi connectivity index (χ1n) is 4.57. The Morgan fingerprint density at radius 1 is 1.43 bits per heavy atom. The lowest BCUT2D eigenvalue weighted by Crippen LogP contribution is -2.38. The van der Waals surface area contributed by atoms with E-state index in [1.165, 1.54) is 6.07 Å². The van der Waals surface area contributed by atoms with Gasteiger partial charge in [-0.15, -0.1) is 0 Å². The molecule has 0 saturated carbocycles. The van der Waals surface area contributed by atoms with Gasteiger partial charge in [-0.25, -0.2) is 4.39 Å². The molecule has 1 nitrogen and oxygen atoms in total. The predicted octanol–water partition coefficient (Wildman–Crippen LogP) is 3.13. The molecule has 0 heterocycles. The summed E-state index contributed by atoms with van der Waals surface area (Å²) < 4.78 is 14.2. The minimum Gasteiger partial charge on any atom is -0.314 e. The first-order valence-corrected chi connectivity index (χ1v) is 5.37. The number of nitrogens with one attached hydrogen (secondary N) is 1. The van der Waals surface area contributed by atoms with E-state index in [-0.39, 0.29) is 11.4 Å². The third-order valence-electron chi connectivity index (χ3n) is 2.32. The van der Waals surface area contributed by atoms with Crippen LogP contribution >= 0.6 is 15.9 Å². The summed E-state index contributed by atoms with van der Waals surface area (Å²) in [6, 6.07) is 5.18. The van der Waals surface area contributed by atoms with Crippen molar-refractivity contribution in [3.8, 4) is 0 Å². The summed E-state index contributed by atoms with van der Waals surface area (Å²) >= 11 is 3.24. The van der Waals surface area contributed by atoms with Crippen molar-refractivity contribution in [2.75, 3.05) is 7.05 Å². The molecule has 0 spiro atoms. The molecule has 78 valence electrons. The van der Waals surface area contributed by atoms with Crippen LogP contribution in [0.1, 0.15) is 19.4 Å². The van der Waals surface area contributed by atoms with E-state index in [2.05, 4.69) is 35.1 Å². The highest BCUT2D eigenvalue weighted by molar-refractivity contribution is 9.10. The SMILES string of the molecule is CNC(C)(C)Cc1ccc(Br)cc1F. The minimum absolute atomic E-state index is 0.0747. The molecule has 0 atom stereocenters. The van der Waals surface area contributed by atoms with E-state index in [0.717, 1.165) is 10.0 Å². The van der Waals surface area contributed by atoms with E-state index >= 15 is 0 Å². The first kappa shape index (κ1) is 11.7. The molecular formula is C11H15BrFN. The van der Waals surface area contributed by atoms with E-state index < -0.39 is 0 Å². The molecule has 0 aromatic heterocycles. The zero-order chi connectivity index (χ0) is 10.8. The van der Waals surface area contributed by atoms with Crippen LogP contribution in [-0.2, 0) is 6.42 Å². The van der Waals surface area contributed by atoms with Crippen LogP contribution < -0.4 is 5.32 Å². The normalized spacial score (nSPS) is 11.8. The monoisotopic (exact) mass is 259 g/mol. The van der Waals surface area contributed by atoms with Gasteiger partial charge < -0.3 is 5.32 Å². The Kier molecular flexibility index (Phi) is 3.67. The Bertz CT molecular complexity index is 323. The molecule has 14 heavy (non-hydrogen) atoms. The van der Waals surface area contributed by atoms with Crippen molar-refractivity contribution in [3.05, 3.63) is 34.1 Å². The van der Waals surface area contributed by atoms with Gasteiger partial charge in [-0.3, -0.25) is 0 Å². The van der Waals surface area contributed by atoms with Gasteiger partial charge in [0.1, 0.15) is 5.82 Å². The molecule has 3 heteroatoms. The van der Waals surface area contributed by atoms with E-state index in [0.29, 0.717) is 6.42 Å². The summed E-state index contributed by atoms with van der Waals surface area (Å²) in [4.78, 5) is 0. The topological polar surface area (TPSA) is 12.0 Å². The van der Waals surface area contributed by atoms with Crippen molar-refractivity contribution in [1.29, 1.82) is 0 Å². The quantitative estimate of drug-likeness (QED) is 0.880. The lowest BCUT2D eigenvalue weighted by atomic mass is 9.95. The molecule has 1 N–H and O–H groups in total. The number of halogens is 2. The van der Waals surface area contributed by atoms with Crippen LogP contribution in [0, 0.1) is 5.82 Å². The van der Waals surface area contributed by atoms with Gasteiger partial charge in [0.25, 0.3) is 0 Å². The first-order chi connectivity index (χ1) is 6.44. The Morgan fingerprint density at radius 2 is 2.07 bits per heavy atom. The molecule has 0 unspecified atom stereocenters. The van der Waals surface area contributed by atoms with Gasteiger partial charge in [0, 0.05) is 10.0 Å². The summed E-state index contributed by atoms with van der Waals surface area (Å²) in [6.07, 6.45) is 0.683. The maximum atomic E-state index is 13.5. The fourth-order valence-electron chi connectivity index (χ4n) is 1.23. The summed E-state index contributed by atoms with van der Waals surface area (Å²) in [5.41, 5.74) is 0.668. The van der Waals surface area contributed by atoms with Crippen molar-refractivity contribution in [2.24, 2.45) is 0 Å². The van der Waals surface area contributed by atoms with Gasteiger partial charge in [0.2, 0.25) is 0 Å². The summed E-state index contributed by atoms with van der Waals surface area (Å²) in [6.45, 7) is 4.10. The summed E-state index contributed by atoms with van der Waals surface area (Å²) in [5, 5.41) is 3.15. The Hall–Kier alpha value is -0.410. The zero-order valence-electron chi connectivity index (χ0n) is 8.70. The predicted molar refractivity (Wildman–Crippen MR) is 60.9 cm³/mol. The molecule has 0 saturated heterocycles. The highest BCUT2D eigenvalue weighted by Crippen LogP contribution is 2.19. The average molecular weight is 260 g/mol. The van der Waals surface area contributed by atoms with Crippen LogP contribution in [-0.4, -0.2) is 12.6 Å². The van der Waals surface area contributed by atoms with Crippen LogP contribution in [0.3, 0.4) is 0 Å². The number of hydrogen-bond donors (Lipinski definition) is 1. The molecular weight excluding hydrogens is 245 g/mol.